The zero-order chi connectivity index (χ0) is 13.5. The minimum Gasteiger partial charge on any atom is -0.493 e. The number of pyridine rings is 1. The standard InChI is InChI=1S/C15H19N3O/c1-2-6-19-15-8-13(16)7-14(9-15)18-11-12-4-3-5-17-10-12/h3-5,7-10,18H,2,6,11,16H2,1H3. The molecule has 0 saturated carbocycles. The topological polar surface area (TPSA) is 60.2 Å². The molecule has 0 bridgehead atoms. The third-order valence-electron chi connectivity index (χ3n) is 2.62. The number of nitrogens with one attached hydrogen (secondary N) is 1. The van der Waals surface area contributed by atoms with Gasteiger partial charge in [0.2, 0.25) is 0 Å². The molecule has 0 aliphatic carbocycles. The molecular weight excluding hydrogens is 238 g/mol. The zero-order valence-electron chi connectivity index (χ0n) is 11.1. The molecule has 100 valence electrons. The van der Waals surface area contributed by atoms with Crippen LogP contribution in [0.2, 0.25) is 0 Å². The highest BCUT2D eigenvalue weighted by atomic mass is 16.5. The Balaban J connectivity index is 2.01. The lowest BCUT2D eigenvalue weighted by Gasteiger charge is -2.11. The molecule has 4 heteroatoms. The maximum Gasteiger partial charge on any atom is 0.123 e. The van der Waals surface area contributed by atoms with Crippen molar-refractivity contribution in [2.45, 2.75) is 19.9 Å². The number of hydrogen-bond donors (Lipinski definition) is 2. The Morgan fingerprint density at radius 3 is 2.95 bits per heavy atom. The predicted octanol–water partition coefficient (Wildman–Crippen LogP) is 3.06. The van der Waals surface area contributed by atoms with Crippen molar-refractivity contribution in [1.82, 2.24) is 4.98 Å². The second-order valence-electron chi connectivity index (χ2n) is 4.35. The minimum atomic E-state index is 0.697. The first-order valence-corrected chi connectivity index (χ1v) is 6.44. The quantitative estimate of drug-likeness (QED) is 0.781. The second-order valence-corrected chi connectivity index (χ2v) is 4.35. The summed E-state index contributed by atoms with van der Waals surface area (Å²) in [4.78, 5) is 4.08. The predicted molar refractivity (Wildman–Crippen MR) is 78.2 cm³/mol. The third-order valence-corrected chi connectivity index (χ3v) is 2.62. The molecule has 0 radical (unpaired) electrons. The molecule has 19 heavy (non-hydrogen) atoms. The van der Waals surface area contributed by atoms with E-state index in [-0.39, 0.29) is 0 Å². The van der Waals surface area contributed by atoms with E-state index in [0.717, 1.165) is 23.4 Å². The van der Waals surface area contributed by atoms with Crippen LogP contribution in [0.5, 0.6) is 5.75 Å². The molecule has 0 saturated heterocycles. The molecular formula is C15H19N3O. The fourth-order valence-corrected chi connectivity index (χ4v) is 1.73. The highest BCUT2D eigenvalue weighted by Crippen LogP contribution is 2.23. The number of nitrogen functional groups attached to an aromatic ring is 1. The van der Waals surface area contributed by atoms with E-state index in [0.29, 0.717) is 18.8 Å². The average molecular weight is 257 g/mol. The van der Waals surface area contributed by atoms with Gasteiger partial charge in [-0.2, -0.15) is 0 Å². The van der Waals surface area contributed by atoms with Gasteiger partial charge in [0.25, 0.3) is 0 Å². The zero-order valence-corrected chi connectivity index (χ0v) is 11.1. The van der Waals surface area contributed by atoms with E-state index in [1.165, 1.54) is 0 Å². The number of hydrogen-bond acceptors (Lipinski definition) is 4. The fraction of sp³-hybridized carbons (Fsp3) is 0.267. The number of nitrogens with zero attached hydrogens (tertiary/aromatic N) is 1. The summed E-state index contributed by atoms with van der Waals surface area (Å²) in [6.07, 6.45) is 4.59. The van der Waals surface area contributed by atoms with Crippen molar-refractivity contribution >= 4 is 11.4 Å². The van der Waals surface area contributed by atoms with Crippen molar-refractivity contribution in [3.05, 3.63) is 48.3 Å². The molecule has 0 atom stereocenters. The van der Waals surface area contributed by atoms with Gasteiger partial charge in [-0.05, 0) is 24.1 Å². The van der Waals surface area contributed by atoms with Crippen LogP contribution in [0.4, 0.5) is 11.4 Å². The lowest BCUT2D eigenvalue weighted by Crippen LogP contribution is -2.02. The molecule has 0 spiro atoms. The maximum atomic E-state index is 5.87. The lowest BCUT2D eigenvalue weighted by atomic mass is 10.2. The third kappa shape index (κ3) is 4.17. The molecule has 0 fully saturated rings. The van der Waals surface area contributed by atoms with Gasteiger partial charge in [-0.25, -0.2) is 0 Å². The highest BCUT2D eigenvalue weighted by Gasteiger charge is 2.00. The molecule has 2 rings (SSSR count). The van der Waals surface area contributed by atoms with E-state index in [1.54, 1.807) is 6.20 Å². The molecule has 1 aromatic carbocycles. The van der Waals surface area contributed by atoms with E-state index in [9.17, 15) is 0 Å². The first-order chi connectivity index (χ1) is 9.28. The molecule has 0 unspecified atom stereocenters. The summed E-state index contributed by atoms with van der Waals surface area (Å²) in [5, 5.41) is 3.32. The number of ether oxygens (including phenoxy) is 1. The van der Waals surface area contributed by atoms with E-state index < -0.39 is 0 Å². The van der Waals surface area contributed by atoms with Crippen LogP contribution in [0.15, 0.2) is 42.7 Å². The van der Waals surface area contributed by atoms with Crippen molar-refractivity contribution in [3.63, 3.8) is 0 Å². The Morgan fingerprint density at radius 2 is 2.21 bits per heavy atom. The van der Waals surface area contributed by atoms with Gasteiger partial charge in [0.15, 0.2) is 0 Å². The van der Waals surface area contributed by atoms with Crippen LogP contribution in [0, 0.1) is 0 Å². The van der Waals surface area contributed by atoms with Crippen LogP contribution >= 0.6 is 0 Å². The van der Waals surface area contributed by atoms with Crippen molar-refractivity contribution < 1.29 is 4.74 Å². The van der Waals surface area contributed by atoms with E-state index >= 15 is 0 Å². The Bertz CT molecular complexity index is 514. The summed E-state index contributed by atoms with van der Waals surface area (Å²) in [6, 6.07) is 9.65. The first kappa shape index (κ1) is 13.2. The lowest BCUT2D eigenvalue weighted by molar-refractivity contribution is 0.318. The molecule has 0 aliphatic heterocycles. The maximum absolute atomic E-state index is 5.87. The summed E-state index contributed by atoms with van der Waals surface area (Å²) in [5.41, 5.74) is 8.64. The summed E-state index contributed by atoms with van der Waals surface area (Å²) >= 11 is 0. The average Bonchev–Trinajstić information content (AvgIpc) is 2.43. The van der Waals surface area contributed by atoms with Gasteiger partial charge in [0, 0.05) is 42.4 Å². The van der Waals surface area contributed by atoms with Gasteiger partial charge in [-0.1, -0.05) is 13.0 Å². The Hall–Kier alpha value is -2.23. The van der Waals surface area contributed by atoms with Crippen LogP contribution in [-0.4, -0.2) is 11.6 Å². The molecule has 1 aromatic heterocycles. The van der Waals surface area contributed by atoms with Crippen LogP contribution in [0.3, 0.4) is 0 Å². The van der Waals surface area contributed by atoms with Gasteiger partial charge in [-0.3, -0.25) is 4.98 Å². The van der Waals surface area contributed by atoms with Gasteiger partial charge in [0.05, 0.1) is 6.61 Å². The monoisotopic (exact) mass is 257 g/mol. The number of benzene rings is 1. The fourth-order valence-electron chi connectivity index (χ4n) is 1.73. The molecule has 3 N–H and O–H groups in total. The SMILES string of the molecule is CCCOc1cc(N)cc(NCc2cccnc2)c1. The Morgan fingerprint density at radius 1 is 1.32 bits per heavy atom. The summed E-state index contributed by atoms with van der Waals surface area (Å²) < 4.78 is 5.60. The minimum absolute atomic E-state index is 0.697. The van der Waals surface area contributed by atoms with E-state index in [1.807, 2.05) is 36.5 Å². The molecule has 4 nitrogen and oxygen atoms in total. The summed E-state index contributed by atoms with van der Waals surface area (Å²) in [6.45, 7) is 3.49. The largest absolute Gasteiger partial charge is 0.493 e. The van der Waals surface area contributed by atoms with Gasteiger partial charge < -0.3 is 15.8 Å². The van der Waals surface area contributed by atoms with Crippen LogP contribution in [0.25, 0.3) is 0 Å². The van der Waals surface area contributed by atoms with Crippen molar-refractivity contribution in [2.24, 2.45) is 0 Å². The smallest absolute Gasteiger partial charge is 0.123 e. The van der Waals surface area contributed by atoms with Gasteiger partial charge in [-0.15, -0.1) is 0 Å². The van der Waals surface area contributed by atoms with Crippen molar-refractivity contribution in [1.29, 1.82) is 0 Å². The van der Waals surface area contributed by atoms with E-state index in [4.69, 9.17) is 10.5 Å². The van der Waals surface area contributed by atoms with Crippen LogP contribution in [0.1, 0.15) is 18.9 Å². The highest BCUT2D eigenvalue weighted by molar-refractivity contribution is 5.59. The van der Waals surface area contributed by atoms with Gasteiger partial charge >= 0.3 is 0 Å². The number of nitrogens with two attached hydrogens (primary N) is 1. The molecule has 2 aromatic rings. The first-order valence-electron chi connectivity index (χ1n) is 6.44. The van der Waals surface area contributed by atoms with Gasteiger partial charge in [0.1, 0.15) is 5.75 Å². The normalized spacial score (nSPS) is 10.2. The molecule has 1 heterocycles. The Kier molecular flexibility index (Phi) is 4.61. The number of rotatable bonds is 6. The summed E-state index contributed by atoms with van der Waals surface area (Å²) in [5.74, 6) is 0.801. The molecule has 0 aliphatic rings. The van der Waals surface area contributed by atoms with Crippen LogP contribution in [-0.2, 0) is 6.54 Å². The van der Waals surface area contributed by atoms with E-state index in [2.05, 4.69) is 17.2 Å². The van der Waals surface area contributed by atoms with Crippen molar-refractivity contribution in [2.75, 3.05) is 17.7 Å². The number of anilines is 2. The van der Waals surface area contributed by atoms with Crippen LogP contribution < -0.4 is 15.8 Å². The Labute approximate surface area is 113 Å². The molecule has 0 amide bonds. The summed E-state index contributed by atoms with van der Waals surface area (Å²) in [7, 11) is 0. The van der Waals surface area contributed by atoms with Crippen molar-refractivity contribution in [3.8, 4) is 5.75 Å². The number of aromatic nitrogens is 1. The second kappa shape index (κ2) is 6.64.